The number of halogens is 1. The number of allylic oxidation sites excluding steroid dienone is 1. The Bertz CT molecular complexity index is 530. The topological polar surface area (TPSA) is 48.7 Å². The lowest BCUT2D eigenvalue weighted by atomic mass is 9.76. The highest BCUT2D eigenvalue weighted by Crippen LogP contribution is 2.36. The normalized spacial score (nSPS) is 26.5. The Hall–Kier alpha value is -1.37. The number of hydrogen-bond acceptors (Lipinski definition) is 3. The van der Waals surface area contributed by atoms with E-state index in [4.69, 9.17) is 16.9 Å². The van der Waals surface area contributed by atoms with Crippen LogP contribution < -0.4 is 5.32 Å². The van der Waals surface area contributed by atoms with Crippen LogP contribution in [0.1, 0.15) is 24.0 Å². The summed E-state index contributed by atoms with van der Waals surface area (Å²) in [6.45, 7) is 1.11. The van der Waals surface area contributed by atoms with Crippen molar-refractivity contribution in [3.63, 3.8) is 0 Å². The van der Waals surface area contributed by atoms with Crippen LogP contribution in [-0.2, 0) is 0 Å². The van der Waals surface area contributed by atoms with Crippen LogP contribution in [0.5, 0.6) is 0 Å². The SMILES string of the molecule is N#Cc1cc(C2=CCC[C@H]3CN[C@@H]23)cnc1Cl. The molecule has 1 saturated heterocycles. The molecule has 1 aromatic heterocycles. The van der Waals surface area contributed by atoms with Gasteiger partial charge in [0.25, 0.3) is 0 Å². The second kappa shape index (κ2) is 4.14. The highest BCUT2D eigenvalue weighted by molar-refractivity contribution is 6.30. The first-order chi connectivity index (χ1) is 8.29. The first-order valence-corrected chi connectivity index (χ1v) is 6.17. The first-order valence-electron chi connectivity index (χ1n) is 5.79. The maximum Gasteiger partial charge on any atom is 0.146 e. The summed E-state index contributed by atoms with van der Waals surface area (Å²) in [6.07, 6.45) is 6.38. The predicted octanol–water partition coefficient (Wildman–Crippen LogP) is 2.37. The van der Waals surface area contributed by atoms with Crippen molar-refractivity contribution in [2.45, 2.75) is 18.9 Å². The summed E-state index contributed by atoms with van der Waals surface area (Å²) < 4.78 is 0. The van der Waals surface area contributed by atoms with E-state index in [-0.39, 0.29) is 5.15 Å². The van der Waals surface area contributed by atoms with Crippen molar-refractivity contribution in [2.24, 2.45) is 5.92 Å². The summed E-state index contributed by atoms with van der Waals surface area (Å²) in [5, 5.41) is 12.7. The zero-order valence-corrected chi connectivity index (χ0v) is 10.0. The van der Waals surface area contributed by atoms with E-state index in [2.05, 4.69) is 22.4 Å². The van der Waals surface area contributed by atoms with Gasteiger partial charge in [-0.25, -0.2) is 4.98 Å². The standard InChI is InChI=1S/C13H12ClN3/c14-13-9(5-15)4-10(7-17-13)11-3-1-2-8-6-16-12(8)11/h3-4,7-8,12,16H,1-2,6H2/t8-,12+/m0/s1. The van der Waals surface area contributed by atoms with E-state index in [0.29, 0.717) is 11.6 Å². The number of fused-ring (bicyclic) bond motifs is 1. The van der Waals surface area contributed by atoms with Crippen molar-refractivity contribution in [3.8, 4) is 6.07 Å². The van der Waals surface area contributed by atoms with E-state index in [1.807, 2.05) is 6.07 Å². The van der Waals surface area contributed by atoms with Crippen LogP contribution in [0, 0.1) is 17.2 Å². The number of rotatable bonds is 1. The zero-order valence-electron chi connectivity index (χ0n) is 9.28. The Kier molecular flexibility index (Phi) is 2.62. The average Bonchev–Trinajstić information content (AvgIpc) is 2.31. The third-order valence-corrected chi connectivity index (χ3v) is 3.90. The third-order valence-electron chi connectivity index (χ3n) is 3.60. The van der Waals surface area contributed by atoms with Gasteiger partial charge in [-0.15, -0.1) is 0 Å². The number of pyridine rings is 1. The summed E-state index contributed by atoms with van der Waals surface area (Å²) in [5.41, 5.74) is 2.74. The monoisotopic (exact) mass is 245 g/mol. The molecule has 1 N–H and O–H groups in total. The average molecular weight is 246 g/mol. The Balaban J connectivity index is 1.99. The summed E-state index contributed by atoms with van der Waals surface area (Å²) in [7, 11) is 0. The van der Waals surface area contributed by atoms with Crippen LogP contribution in [0.15, 0.2) is 18.3 Å². The van der Waals surface area contributed by atoms with Gasteiger partial charge in [0.1, 0.15) is 11.2 Å². The smallest absolute Gasteiger partial charge is 0.146 e. The van der Waals surface area contributed by atoms with Crippen molar-refractivity contribution in [3.05, 3.63) is 34.6 Å². The highest BCUT2D eigenvalue weighted by atomic mass is 35.5. The molecule has 0 radical (unpaired) electrons. The van der Waals surface area contributed by atoms with Crippen LogP contribution in [0.3, 0.4) is 0 Å². The number of aromatic nitrogens is 1. The van der Waals surface area contributed by atoms with E-state index in [0.717, 1.165) is 24.4 Å². The second-order valence-corrected chi connectivity index (χ2v) is 4.91. The molecule has 3 nitrogen and oxygen atoms in total. The minimum Gasteiger partial charge on any atom is -0.309 e. The van der Waals surface area contributed by atoms with Gasteiger partial charge in [-0.3, -0.25) is 0 Å². The molecule has 0 saturated carbocycles. The zero-order chi connectivity index (χ0) is 11.8. The van der Waals surface area contributed by atoms with E-state index >= 15 is 0 Å². The molecule has 2 atom stereocenters. The lowest BCUT2D eigenvalue weighted by Crippen LogP contribution is -2.54. The fourth-order valence-corrected chi connectivity index (χ4v) is 2.74. The molecule has 86 valence electrons. The molecule has 4 heteroatoms. The lowest BCUT2D eigenvalue weighted by Gasteiger charge is -2.42. The fraction of sp³-hybridized carbons (Fsp3) is 0.385. The number of hydrogen-bond donors (Lipinski definition) is 1. The Morgan fingerprint density at radius 1 is 1.53 bits per heavy atom. The molecule has 0 spiro atoms. The van der Waals surface area contributed by atoms with Gasteiger partial charge >= 0.3 is 0 Å². The van der Waals surface area contributed by atoms with Crippen molar-refractivity contribution in [2.75, 3.05) is 6.54 Å². The highest BCUT2D eigenvalue weighted by Gasteiger charge is 2.35. The molecule has 1 aromatic rings. The van der Waals surface area contributed by atoms with Gasteiger partial charge in [0.15, 0.2) is 0 Å². The van der Waals surface area contributed by atoms with Gasteiger partial charge in [-0.1, -0.05) is 17.7 Å². The molecule has 2 heterocycles. The number of nitrogens with one attached hydrogen (secondary N) is 1. The minimum absolute atomic E-state index is 0.283. The molecule has 1 aliphatic carbocycles. The van der Waals surface area contributed by atoms with Crippen LogP contribution in [0.4, 0.5) is 0 Å². The number of nitriles is 1. The molecule has 0 aromatic carbocycles. The minimum atomic E-state index is 0.283. The summed E-state index contributed by atoms with van der Waals surface area (Å²) in [6, 6.07) is 4.36. The Labute approximate surface area is 105 Å². The third kappa shape index (κ3) is 1.74. The molecule has 0 unspecified atom stereocenters. The quantitative estimate of drug-likeness (QED) is 0.773. The second-order valence-electron chi connectivity index (χ2n) is 4.56. The molecule has 3 rings (SSSR count). The molecule has 1 aliphatic heterocycles. The van der Waals surface area contributed by atoms with Crippen LogP contribution >= 0.6 is 11.6 Å². The predicted molar refractivity (Wildman–Crippen MR) is 66.5 cm³/mol. The maximum atomic E-state index is 8.96. The van der Waals surface area contributed by atoms with E-state index in [1.165, 1.54) is 12.0 Å². The van der Waals surface area contributed by atoms with Crippen molar-refractivity contribution >= 4 is 17.2 Å². The van der Waals surface area contributed by atoms with E-state index in [9.17, 15) is 0 Å². The maximum absolute atomic E-state index is 8.96. The molecule has 0 bridgehead atoms. The van der Waals surface area contributed by atoms with Crippen molar-refractivity contribution in [1.29, 1.82) is 5.26 Å². The van der Waals surface area contributed by atoms with Crippen LogP contribution in [0.2, 0.25) is 5.15 Å². The molecular formula is C13H12ClN3. The molecule has 2 aliphatic rings. The van der Waals surface area contributed by atoms with Gasteiger partial charge in [-0.05, 0) is 36.0 Å². The Morgan fingerprint density at radius 3 is 3.12 bits per heavy atom. The summed E-state index contributed by atoms with van der Waals surface area (Å²) >= 11 is 5.85. The first kappa shape index (κ1) is 10.8. The molecule has 17 heavy (non-hydrogen) atoms. The van der Waals surface area contributed by atoms with Crippen LogP contribution in [0.25, 0.3) is 5.57 Å². The van der Waals surface area contributed by atoms with Gasteiger partial charge in [0.2, 0.25) is 0 Å². The van der Waals surface area contributed by atoms with E-state index < -0.39 is 0 Å². The summed E-state index contributed by atoms with van der Waals surface area (Å²) in [4.78, 5) is 4.08. The lowest BCUT2D eigenvalue weighted by molar-refractivity contribution is 0.262. The largest absolute Gasteiger partial charge is 0.309 e. The van der Waals surface area contributed by atoms with Gasteiger partial charge in [0, 0.05) is 18.8 Å². The number of nitrogens with zero attached hydrogens (tertiary/aromatic N) is 2. The molecule has 0 amide bonds. The molecular weight excluding hydrogens is 234 g/mol. The van der Waals surface area contributed by atoms with Crippen LogP contribution in [-0.4, -0.2) is 17.6 Å². The van der Waals surface area contributed by atoms with Crippen molar-refractivity contribution < 1.29 is 0 Å². The van der Waals surface area contributed by atoms with Crippen molar-refractivity contribution in [1.82, 2.24) is 10.3 Å². The van der Waals surface area contributed by atoms with Gasteiger partial charge in [-0.2, -0.15) is 5.26 Å². The van der Waals surface area contributed by atoms with E-state index in [1.54, 1.807) is 6.20 Å². The Morgan fingerprint density at radius 2 is 2.41 bits per heavy atom. The fourth-order valence-electron chi connectivity index (χ4n) is 2.60. The van der Waals surface area contributed by atoms with Gasteiger partial charge < -0.3 is 5.32 Å². The summed E-state index contributed by atoms with van der Waals surface area (Å²) in [5.74, 6) is 0.746. The van der Waals surface area contributed by atoms with Gasteiger partial charge in [0.05, 0.1) is 5.56 Å². The molecule has 1 fully saturated rings.